The quantitative estimate of drug-likeness (QED) is 0.625. The van der Waals surface area contributed by atoms with Gasteiger partial charge in [-0.05, 0) is 32.4 Å². The number of aryl methyl sites for hydroxylation is 1. The van der Waals surface area contributed by atoms with Gasteiger partial charge in [0.2, 0.25) is 15.9 Å². The van der Waals surface area contributed by atoms with Crippen molar-refractivity contribution in [2.75, 3.05) is 13.2 Å². The summed E-state index contributed by atoms with van der Waals surface area (Å²) in [6.07, 6.45) is 0.434. The Labute approximate surface area is 119 Å². The van der Waals surface area contributed by atoms with Crippen LogP contribution < -0.4 is 10.0 Å². The lowest BCUT2D eigenvalue weighted by molar-refractivity contribution is -0.122. The zero-order valence-electron chi connectivity index (χ0n) is 11.6. The Morgan fingerprint density at radius 2 is 1.90 bits per heavy atom. The van der Waals surface area contributed by atoms with Gasteiger partial charge in [-0.3, -0.25) is 4.79 Å². The van der Waals surface area contributed by atoms with E-state index < -0.39 is 22.0 Å². The lowest BCUT2D eigenvalue weighted by Crippen LogP contribution is -2.45. The number of aliphatic hydroxyl groups is 1. The van der Waals surface area contributed by atoms with Crippen LogP contribution in [-0.4, -0.2) is 38.6 Å². The van der Waals surface area contributed by atoms with Gasteiger partial charge in [-0.2, -0.15) is 4.72 Å². The number of hydrogen-bond donors (Lipinski definition) is 3. The molecule has 0 saturated carbocycles. The number of carbonyl (C=O) groups excluding carboxylic acids is 1. The third-order valence-corrected chi connectivity index (χ3v) is 4.25. The normalized spacial score (nSPS) is 12.9. The number of rotatable bonds is 7. The molecule has 0 saturated heterocycles. The molecule has 1 rings (SSSR count). The second kappa shape index (κ2) is 7.37. The first-order valence-electron chi connectivity index (χ1n) is 6.34. The van der Waals surface area contributed by atoms with Gasteiger partial charge < -0.3 is 10.4 Å². The van der Waals surface area contributed by atoms with Crippen molar-refractivity contribution >= 4 is 15.9 Å². The van der Waals surface area contributed by atoms with Gasteiger partial charge in [0.05, 0.1) is 10.9 Å². The zero-order chi connectivity index (χ0) is 15.2. The molecule has 112 valence electrons. The van der Waals surface area contributed by atoms with Gasteiger partial charge in [0.25, 0.3) is 0 Å². The Hall–Kier alpha value is -1.44. The van der Waals surface area contributed by atoms with Crippen LogP contribution in [0, 0.1) is 6.92 Å². The minimum atomic E-state index is -3.71. The van der Waals surface area contributed by atoms with E-state index in [0.29, 0.717) is 13.0 Å². The Morgan fingerprint density at radius 3 is 2.45 bits per heavy atom. The number of sulfonamides is 1. The summed E-state index contributed by atoms with van der Waals surface area (Å²) in [5, 5.41) is 11.2. The summed E-state index contributed by atoms with van der Waals surface area (Å²) in [6.45, 7) is 3.62. The SMILES string of the molecule is Cc1ccc(S(=O)(=O)N[C@@H](C)C(=O)NCCCO)cc1. The largest absolute Gasteiger partial charge is 0.396 e. The molecule has 7 heteroatoms. The van der Waals surface area contributed by atoms with Gasteiger partial charge in [-0.25, -0.2) is 8.42 Å². The number of nitrogens with one attached hydrogen (secondary N) is 2. The van der Waals surface area contributed by atoms with Gasteiger partial charge in [0.15, 0.2) is 0 Å². The number of amides is 1. The maximum Gasteiger partial charge on any atom is 0.241 e. The number of benzene rings is 1. The molecule has 0 aromatic heterocycles. The van der Waals surface area contributed by atoms with Crippen LogP contribution in [0.25, 0.3) is 0 Å². The highest BCUT2D eigenvalue weighted by atomic mass is 32.2. The first-order chi connectivity index (χ1) is 9.36. The molecule has 1 amide bonds. The van der Waals surface area contributed by atoms with E-state index >= 15 is 0 Å². The molecule has 1 atom stereocenters. The summed E-state index contributed by atoms with van der Waals surface area (Å²) >= 11 is 0. The number of carbonyl (C=O) groups is 1. The topological polar surface area (TPSA) is 95.5 Å². The molecule has 0 aliphatic heterocycles. The van der Waals surface area contributed by atoms with Crippen LogP contribution in [0.4, 0.5) is 0 Å². The fourth-order valence-electron chi connectivity index (χ4n) is 1.52. The summed E-state index contributed by atoms with van der Waals surface area (Å²) in [4.78, 5) is 11.8. The monoisotopic (exact) mass is 300 g/mol. The number of hydrogen-bond acceptors (Lipinski definition) is 4. The van der Waals surface area contributed by atoms with Gasteiger partial charge in [-0.15, -0.1) is 0 Å². The predicted molar refractivity (Wildman–Crippen MR) is 75.7 cm³/mol. The molecule has 0 aliphatic rings. The van der Waals surface area contributed by atoms with Crippen molar-refractivity contribution in [3.8, 4) is 0 Å². The van der Waals surface area contributed by atoms with E-state index in [0.717, 1.165) is 5.56 Å². The van der Waals surface area contributed by atoms with Crippen molar-refractivity contribution < 1.29 is 18.3 Å². The van der Waals surface area contributed by atoms with Crippen molar-refractivity contribution in [1.29, 1.82) is 0 Å². The zero-order valence-corrected chi connectivity index (χ0v) is 12.4. The lowest BCUT2D eigenvalue weighted by atomic mass is 10.2. The summed E-state index contributed by atoms with van der Waals surface area (Å²) < 4.78 is 26.4. The van der Waals surface area contributed by atoms with E-state index in [4.69, 9.17) is 5.11 Å². The average Bonchev–Trinajstić information content (AvgIpc) is 2.38. The van der Waals surface area contributed by atoms with Gasteiger partial charge >= 0.3 is 0 Å². The molecular formula is C13H20N2O4S. The van der Waals surface area contributed by atoms with E-state index in [2.05, 4.69) is 10.0 Å². The van der Waals surface area contributed by atoms with Crippen LogP contribution in [-0.2, 0) is 14.8 Å². The molecule has 0 fully saturated rings. The van der Waals surface area contributed by atoms with Crippen molar-refractivity contribution in [3.63, 3.8) is 0 Å². The first kappa shape index (κ1) is 16.6. The smallest absolute Gasteiger partial charge is 0.241 e. The first-order valence-corrected chi connectivity index (χ1v) is 7.82. The Bertz CT molecular complexity index is 540. The van der Waals surface area contributed by atoms with Crippen LogP contribution in [0.3, 0.4) is 0 Å². The van der Waals surface area contributed by atoms with Crippen molar-refractivity contribution in [3.05, 3.63) is 29.8 Å². The third-order valence-electron chi connectivity index (χ3n) is 2.69. The number of aliphatic hydroxyl groups excluding tert-OH is 1. The molecule has 0 unspecified atom stereocenters. The maximum absolute atomic E-state index is 12.1. The van der Waals surface area contributed by atoms with Gasteiger partial charge in [0.1, 0.15) is 0 Å². The molecule has 20 heavy (non-hydrogen) atoms. The van der Waals surface area contributed by atoms with Crippen molar-refractivity contribution in [1.82, 2.24) is 10.0 Å². The van der Waals surface area contributed by atoms with Crippen LogP contribution in [0.2, 0.25) is 0 Å². The van der Waals surface area contributed by atoms with E-state index in [1.807, 2.05) is 6.92 Å². The molecule has 0 spiro atoms. The van der Waals surface area contributed by atoms with Gasteiger partial charge in [0, 0.05) is 13.2 Å². The molecule has 1 aromatic carbocycles. The molecule has 1 aromatic rings. The summed E-state index contributed by atoms with van der Waals surface area (Å²) in [5.74, 6) is -0.422. The fourth-order valence-corrected chi connectivity index (χ4v) is 2.72. The highest BCUT2D eigenvalue weighted by Gasteiger charge is 2.21. The second-order valence-corrected chi connectivity index (χ2v) is 6.24. The predicted octanol–water partition coefficient (Wildman–Crippen LogP) is 0.160. The lowest BCUT2D eigenvalue weighted by Gasteiger charge is -2.14. The Kier molecular flexibility index (Phi) is 6.12. The molecular weight excluding hydrogens is 280 g/mol. The molecule has 3 N–H and O–H groups in total. The van der Waals surface area contributed by atoms with Gasteiger partial charge in [-0.1, -0.05) is 17.7 Å². The van der Waals surface area contributed by atoms with E-state index in [9.17, 15) is 13.2 Å². The minimum Gasteiger partial charge on any atom is -0.396 e. The van der Waals surface area contributed by atoms with Crippen molar-refractivity contribution in [2.45, 2.75) is 31.2 Å². The second-order valence-electron chi connectivity index (χ2n) is 4.52. The van der Waals surface area contributed by atoms with Crippen molar-refractivity contribution in [2.24, 2.45) is 0 Å². The van der Waals surface area contributed by atoms with Crippen LogP contribution in [0.1, 0.15) is 18.9 Å². The molecule has 6 nitrogen and oxygen atoms in total. The van der Waals surface area contributed by atoms with Crippen LogP contribution in [0.15, 0.2) is 29.2 Å². The summed E-state index contributed by atoms with van der Waals surface area (Å²) in [6, 6.07) is 5.50. The average molecular weight is 300 g/mol. The van der Waals surface area contributed by atoms with Crippen LogP contribution >= 0.6 is 0 Å². The third kappa shape index (κ3) is 4.92. The van der Waals surface area contributed by atoms with Crippen LogP contribution in [0.5, 0.6) is 0 Å². The fraction of sp³-hybridized carbons (Fsp3) is 0.462. The highest BCUT2D eigenvalue weighted by Crippen LogP contribution is 2.10. The molecule has 0 radical (unpaired) electrons. The van der Waals surface area contributed by atoms with E-state index in [1.54, 1.807) is 12.1 Å². The minimum absolute atomic E-state index is 0.0241. The molecule has 0 bridgehead atoms. The Balaban J connectivity index is 2.66. The molecule has 0 aliphatic carbocycles. The maximum atomic E-state index is 12.1. The molecule has 0 heterocycles. The Morgan fingerprint density at radius 1 is 1.30 bits per heavy atom. The standard InChI is InChI=1S/C13H20N2O4S/c1-10-4-6-12(7-5-10)20(18,19)15-11(2)13(17)14-8-3-9-16/h4-7,11,15-16H,3,8-9H2,1-2H3,(H,14,17)/t11-/m0/s1. The van der Waals surface area contributed by atoms with E-state index in [1.165, 1.54) is 19.1 Å². The highest BCUT2D eigenvalue weighted by molar-refractivity contribution is 7.89. The summed E-state index contributed by atoms with van der Waals surface area (Å²) in [5.41, 5.74) is 0.957. The summed E-state index contributed by atoms with van der Waals surface area (Å²) in [7, 11) is -3.71. The van der Waals surface area contributed by atoms with E-state index in [-0.39, 0.29) is 11.5 Å².